The van der Waals surface area contributed by atoms with Gasteiger partial charge in [-0.25, -0.2) is 4.98 Å². The van der Waals surface area contributed by atoms with E-state index in [4.69, 9.17) is 0 Å². The van der Waals surface area contributed by atoms with Crippen molar-refractivity contribution in [1.82, 2.24) is 9.55 Å². The number of imidazole rings is 1. The molecule has 0 saturated heterocycles. The van der Waals surface area contributed by atoms with Gasteiger partial charge < -0.3 is 9.88 Å². The number of hydrogen-bond acceptors (Lipinski definition) is 2. The van der Waals surface area contributed by atoms with Gasteiger partial charge in [0.05, 0.1) is 11.0 Å². The third-order valence-electron chi connectivity index (χ3n) is 4.67. The number of nitrogens with one attached hydrogen (secondary N) is 1. The van der Waals surface area contributed by atoms with Crippen LogP contribution >= 0.6 is 0 Å². The zero-order chi connectivity index (χ0) is 13.9. The van der Waals surface area contributed by atoms with Crippen molar-refractivity contribution in [3.05, 3.63) is 24.3 Å². The highest BCUT2D eigenvalue weighted by atomic mass is 15.2. The van der Waals surface area contributed by atoms with Crippen LogP contribution in [0.3, 0.4) is 0 Å². The summed E-state index contributed by atoms with van der Waals surface area (Å²) in [6.45, 7) is 3.43. The Labute approximate surface area is 121 Å². The number of nitrogens with zero attached hydrogens (tertiary/aromatic N) is 2. The molecular weight excluding hydrogens is 246 g/mol. The fraction of sp³-hybridized carbons (Fsp3) is 0.588. The lowest BCUT2D eigenvalue weighted by Gasteiger charge is -2.26. The highest BCUT2D eigenvalue weighted by molar-refractivity contribution is 5.78. The summed E-state index contributed by atoms with van der Waals surface area (Å²) in [5, 5.41) is 3.52. The van der Waals surface area contributed by atoms with Gasteiger partial charge in [0, 0.05) is 13.6 Å². The molecule has 1 N–H and O–H groups in total. The lowest BCUT2D eigenvalue weighted by atomic mass is 9.81. The van der Waals surface area contributed by atoms with Crippen LogP contribution in [-0.4, -0.2) is 16.1 Å². The smallest absolute Gasteiger partial charge is 0.203 e. The Kier molecular flexibility index (Phi) is 3.95. The zero-order valence-electron chi connectivity index (χ0n) is 12.6. The van der Waals surface area contributed by atoms with Crippen LogP contribution < -0.4 is 5.32 Å². The molecule has 2 unspecified atom stereocenters. The second-order valence-electron chi connectivity index (χ2n) is 6.34. The second kappa shape index (κ2) is 5.86. The third-order valence-corrected chi connectivity index (χ3v) is 4.67. The molecule has 1 aromatic heterocycles. The summed E-state index contributed by atoms with van der Waals surface area (Å²) < 4.78 is 2.15. The molecule has 1 aromatic carbocycles. The Morgan fingerprint density at radius 1 is 1.30 bits per heavy atom. The predicted molar refractivity (Wildman–Crippen MR) is 84.9 cm³/mol. The minimum absolute atomic E-state index is 0.904. The van der Waals surface area contributed by atoms with E-state index in [1.54, 1.807) is 0 Å². The average molecular weight is 271 g/mol. The first kappa shape index (κ1) is 13.5. The molecule has 0 aliphatic heterocycles. The van der Waals surface area contributed by atoms with Crippen LogP contribution in [0.1, 0.15) is 39.0 Å². The number of aromatic nitrogens is 2. The maximum absolute atomic E-state index is 4.66. The van der Waals surface area contributed by atoms with E-state index in [0.29, 0.717) is 0 Å². The number of rotatable bonds is 4. The number of anilines is 1. The lowest BCUT2D eigenvalue weighted by Crippen LogP contribution is -2.17. The largest absolute Gasteiger partial charge is 0.356 e. The SMILES string of the molecule is CC1CCCC(CCNc2nc3ccccc3n2C)C1. The van der Waals surface area contributed by atoms with Crippen LogP contribution in [0, 0.1) is 11.8 Å². The summed E-state index contributed by atoms with van der Waals surface area (Å²) in [5.74, 6) is 2.82. The van der Waals surface area contributed by atoms with Gasteiger partial charge in [0.1, 0.15) is 0 Å². The first-order valence-corrected chi connectivity index (χ1v) is 7.89. The van der Waals surface area contributed by atoms with Gasteiger partial charge in [-0.3, -0.25) is 0 Å². The molecule has 20 heavy (non-hydrogen) atoms. The van der Waals surface area contributed by atoms with Crippen molar-refractivity contribution in [2.75, 3.05) is 11.9 Å². The highest BCUT2D eigenvalue weighted by Crippen LogP contribution is 2.30. The number of hydrogen-bond donors (Lipinski definition) is 1. The first-order chi connectivity index (χ1) is 9.74. The molecule has 2 aromatic rings. The van der Waals surface area contributed by atoms with Gasteiger partial charge in [-0.1, -0.05) is 38.3 Å². The lowest BCUT2D eigenvalue weighted by molar-refractivity contribution is 0.274. The topological polar surface area (TPSA) is 29.9 Å². The van der Waals surface area contributed by atoms with Crippen molar-refractivity contribution in [3.8, 4) is 0 Å². The summed E-state index contributed by atoms with van der Waals surface area (Å²) in [6.07, 6.45) is 6.93. The monoisotopic (exact) mass is 271 g/mol. The molecule has 0 spiro atoms. The second-order valence-corrected chi connectivity index (χ2v) is 6.34. The Morgan fingerprint density at radius 2 is 2.15 bits per heavy atom. The molecule has 1 aliphatic rings. The summed E-state index contributed by atoms with van der Waals surface area (Å²) in [4.78, 5) is 4.66. The number of para-hydroxylation sites is 2. The van der Waals surface area contributed by atoms with E-state index in [-0.39, 0.29) is 0 Å². The van der Waals surface area contributed by atoms with E-state index in [9.17, 15) is 0 Å². The molecule has 108 valence electrons. The van der Waals surface area contributed by atoms with Crippen LogP contribution in [0.4, 0.5) is 5.95 Å². The molecule has 3 nitrogen and oxygen atoms in total. The Bertz CT molecular complexity index is 573. The van der Waals surface area contributed by atoms with Gasteiger partial charge in [-0.05, 0) is 36.8 Å². The number of benzene rings is 1. The quantitative estimate of drug-likeness (QED) is 0.903. The third kappa shape index (κ3) is 2.82. The molecule has 0 bridgehead atoms. The Hall–Kier alpha value is -1.51. The fourth-order valence-electron chi connectivity index (χ4n) is 3.51. The summed E-state index contributed by atoms with van der Waals surface area (Å²) in [6, 6.07) is 8.30. The van der Waals surface area contributed by atoms with Crippen LogP contribution in [0.25, 0.3) is 11.0 Å². The maximum Gasteiger partial charge on any atom is 0.203 e. The predicted octanol–water partition coefficient (Wildman–Crippen LogP) is 4.20. The van der Waals surface area contributed by atoms with E-state index in [1.165, 1.54) is 37.6 Å². The van der Waals surface area contributed by atoms with Gasteiger partial charge in [0.2, 0.25) is 5.95 Å². The van der Waals surface area contributed by atoms with Gasteiger partial charge in [0.25, 0.3) is 0 Å². The molecule has 1 heterocycles. The van der Waals surface area contributed by atoms with E-state index < -0.39 is 0 Å². The van der Waals surface area contributed by atoms with Gasteiger partial charge in [-0.2, -0.15) is 0 Å². The Balaban J connectivity index is 1.58. The molecule has 1 aliphatic carbocycles. The van der Waals surface area contributed by atoms with Crippen molar-refractivity contribution in [3.63, 3.8) is 0 Å². The summed E-state index contributed by atoms with van der Waals surface area (Å²) in [7, 11) is 2.08. The van der Waals surface area contributed by atoms with Crippen LogP contribution in [0.2, 0.25) is 0 Å². The van der Waals surface area contributed by atoms with E-state index in [1.807, 2.05) is 6.07 Å². The van der Waals surface area contributed by atoms with Crippen LogP contribution in [-0.2, 0) is 7.05 Å². The molecule has 1 saturated carbocycles. The van der Waals surface area contributed by atoms with E-state index in [0.717, 1.165) is 29.8 Å². The molecule has 3 rings (SSSR count). The van der Waals surface area contributed by atoms with Gasteiger partial charge in [0.15, 0.2) is 0 Å². The minimum atomic E-state index is 0.904. The number of fused-ring (bicyclic) bond motifs is 1. The zero-order valence-corrected chi connectivity index (χ0v) is 12.6. The van der Waals surface area contributed by atoms with Crippen molar-refractivity contribution >= 4 is 17.0 Å². The van der Waals surface area contributed by atoms with Crippen LogP contribution in [0.5, 0.6) is 0 Å². The van der Waals surface area contributed by atoms with Gasteiger partial charge >= 0.3 is 0 Å². The van der Waals surface area contributed by atoms with E-state index in [2.05, 4.69) is 47.0 Å². The average Bonchev–Trinajstić information content (AvgIpc) is 2.76. The molecular formula is C17H25N3. The molecule has 0 amide bonds. The highest BCUT2D eigenvalue weighted by Gasteiger charge is 2.18. The fourth-order valence-corrected chi connectivity index (χ4v) is 3.51. The van der Waals surface area contributed by atoms with Gasteiger partial charge in [-0.15, -0.1) is 0 Å². The maximum atomic E-state index is 4.66. The molecule has 0 radical (unpaired) electrons. The Morgan fingerprint density at radius 3 is 2.95 bits per heavy atom. The summed E-state index contributed by atoms with van der Waals surface area (Å²) >= 11 is 0. The molecule has 3 heteroatoms. The summed E-state index contributed by atoms with van der Waals surface area (Å²) in [5.41, 5.74) is 2.27. The standard InChI is InChI=1S/C17H25N3/c1-13-6-5-7-14(12-13)10-11-18-17-19-15-8-3-4-9-16(15)20(17)2/h3-4,8-9,13-14H,5-7,10-12H2,1-2H3,(H,18,19). The van der Waals surface area contributed by atoms with E-state index >= 15 is 0 Å². The molecule has 2 atom stereocenters. The number of aryl methyl sites for hydroxylation is 1. The molecule has 1 fully saturated rings. The van der Waals surface area contributed by atoms with Crippen LogP contribution in [0.15, 0.2) is 24.3 Å². The first-order valence-electron chi connectivity index (χ1n) is 7.89. The van der Waals surface area contributed by atoms with Crippen molar-refractivity contribution in [1.29, 1.82) is 0 Å². The minimum Gasteiger partial charge on any atom is -0.356 e. The van der Waals surface area contributed by atoms with Crippen molar-refractivity contribution < 1.29 is 0 Å². The van der Waals surface area contributed by atoms with Crippen molar-refractivity contribution in [2.45, 2.75) is 39.0 Å². The van der Waals surface area contributed by atoms with Crippen molar-refractivity contribution in [2.24, 2.45) is 18.9 Å². The normalized spacial score (nSPS) is 23.1.